The number of H-pyrrole nitrogens is 1. The number of sulfone groups is 1. The normalized spacial score (nSPS) is 11.5. The molecule has 0 aliphatic heterocycles. The third-order valence-electron chi connectivity index (χ3n) is 3.09. The molecule has 2 aromatic carbocycles. The molecule has 0 bridgehead atoms. The number of amides is 1. The Morgan fingerprint density at radius 2 is 1.96 bits per heavy atom. The first-order valence-corrected chi connectivity index (χ1v) is 9.11. The fraction of sp³-hybridized carbons (Fsp3) is 0.0667. The molecule has 0 aliphatic rings. The van der Waals surface area contributed by atoms with Gasteiger partial charge in [0.15, 0.2) is 0 Å². The number of fused-ring (bicyclic) bond motifs is 1. The van der Waals surface area contributed by atoms with Gasteiger partial charge in [-0.3, -0.25) is 4.79 Å². The zero-order valence-electron chi connectivity index (χ0n) is 11.8. The van der Waals surface area contributed by atoms with Gasteiger partial charge in [-0.05, 0) is 30.3 Å². The van der Waals surface area contributed by atoms with Crippen LogP contribution in [0, 0.1) is 0 Å². The number of nitrogens with one attached hydrogen (secondary N) is 2. The lowest BCUT2D eigenvalue weighted by Crippen LogP contribution is -2.23. The van der Waals surface area contributed by atoms with Crippen LogP contribution >= 0.6 is 15.9 Å². The van der Waals surface area contributed by atoms with Gasteiger partial charge < -0.3 is 10.3 Å². The molecule has 0 radical (unpaired) electrons. The van der Waals surface area contributed by atoms with Crippen molar-refractivity contribution >= 4 is 48.4 Å². The van der Waals surface area contributed by atoms with Gasteiger partial charge in [0.1, 0.15) is 5.75 Å². The van der Waals surface area contributed by atoms with Gasteiger partial charge in [-0.2, -0.15) is 0 Å². The molecule has 0 unspecified atom stereocenters. The molecule has 118 valence electrons. The van der Waals surface area contributed by atoms with E-state index in [4.69, 9.17) is 0 Å². The molecule has 8 heteroatoms. The molecule has 0 saturated heterocycles. The number of carbonyl (C=O) groups is 1. The summed E-state index contributed by atoms with van der Waals surface area (Å²) in [5.74, 6) is -1.30. The first-order valence-electron chi connectivity index (χ1n) is 6.67. The summed E-state index contributed by atoms with van der Waals surface area (Å²) in [7, 11) is -3.84. The largest absolute Gasteiger partial charge is 0.329 e. The van der Waals surface area contributed by atoms with Crippen LogP contribution in [-0.2, 0) is 14.6 Å². The number of anilines is 1. The second-order valence-electron chi connectivity index (χ2n) is 4.88. The van der Waals surface area contributed by atoms with E-state index < -0.39 is 21.5 Å². The highest BCUT2D eigenvalue weighted by atomic mass is 79.9. The van der Waals surface area contributed by atoms with E-state index in [2.05, 4.69) is 31.2 Å². The molecule has 0 atom stereocenters. The second-order valence-corrected chi connectivity index (χ2v) is 7.70. The molecule has 6 nitrogen and oxygen atoms in total. The Bertz CT molecular complexity index is 949. The summed E-state index contributed by atoms with van der Waals surface area (Å²) in [6.07, 6.45) is 0. The van der Waals surface area contributed by atoms with Crippen molar-refractivity contribution < 1.29 is 13.2 Å². The lowest BCUT2D eigenvalue weighted by atomic mass is 10.3. The van der Waals surface area contributed by atoms with E-state index in [0.29, 0.717) is 16.7 Å². The predicted octanol–water partition coefficient (Wildman–Crippen LogP) is 2.74. The number of carbonyl (C=O) groups excluding carboxylic acids is 1. The molecule has 0 spiro atoms. The third kappa shape index (κ3) is 3.59. The van der Waals surface area contributed by atoms with Crippen molar-refractivity contribution in [3.8, 4) is 0 Å². The number of benzene rings is 2. The second kappa shape index (κ2) is 6.13. The standard InChI is InChI=1S/C15H12BrN3O3S/c16-10-4-3-5-11(8-10)17-14(20)9-23(21,22)15-18-12-6-1-2-7-13(12)19-15/h1-8H,9H2,(H,17,20)(H,18,19). The molecule has 3 rings (SSSR count). The van der Waals surface area contributed by atoms with Gasteiger partial charge in [0.05, 0.1) is 11.0 Å². The van der Waals surface area contributed by atoms with Crippen molar-refractivity contribution in [1.29, 1.82) is 0 Å². The summed E-state index contributed by atoms with van der Waals surface area (Å²) < 4.78 is 25.4. The van der Waals surface area contributed by atoms with E-state index in [1.807, 2.05) is 0 Å². The van der Waals surface area contributed by atoms with Crippen LogP contribution in [0.3, 0.4) is 0 Å². The SMILES string of the molecule is O=C(CS(=O)(=O)c1nc2ccccc2[nH]1)Nc1cccc(Br)c1. The zero-order valence-corrected chi connectivity index (χ0v) is 14.2. The van der Waals surface area contributed by atoms with Crippen LogP contribution in [0.2, 0.25) is 0 Å². The fourth-order valence-corrected chi connectivity index (χ4v) is 3.54. The van der Waals surface area contributed by atoms with E-state index in [1.165, 1.54) is 0 Å². The smallest absolute Gasteiger partial charge is 0.240 e. The summed E-state index contributed by atoms with van der Waals surface area (Å²) in [5.41, 5.74) is 1.67. The summed E-state index contributed by atoms with van der Waals surface area (Å²) in [6, 6.07) is 13.9. The van der Waals surface area contributed by atoms with E-state index in [-0.39, 0.29) is 5.16 Å². The Kier molecular flexibility index (Phi) is 4.18. The van der Waals surface area contributed by atoms with Crippen LogP contribution in [-0.4, -0.2) is 30.0 Å². The summed E-state index contributed by atoms with van der Waals surface area (Å²) in [4.78, 5) is 18.7. The van der Waals surface area contributed by atoms with Gasteiger partial charge in [0.25, 0.3) is 0 Å². The van der Waals surface area contributed by atoms with Crippen LogP contribution in [0.1, 0.15) is 0 Å². The molecule has 1 heterocycles. The Morgan fingerprint density at radius 1 is 1.17 bits per heavy atom. The Labute approximate surface area is 141 Å². The number of nitrogens with zero attached hydrogens (tertiary/aromatic N) is 1. The minimum absolute atomic E-state index is 0.205. The maximum absolute atomic E-state index is 12.3. The highest BCUT2D eigenvalue weighted by molar-refractivity contribution is 9.10. The summed E-state index contributed by atoms with van der Waals surface area (Å²) in [5, 5.41) is 2.35. The van der Waals surface area contributed by atoms with Crippen LogP contribution < -0.4 is 5.32 Å². The summed E-state index contributed by atoms with van der Waals surface area (Å²) in [6.45, 7) is 0. The molecule has 23 heavy (non-hydrogen) atoms. The number of aromatic nitrogens is 2. The summed E-state index contributed by atoms with van der Waals surface area (Å²) >= 11 is 3.29. The fourth-order valence-electron chi connectivity index (χ4n) is 2.08. The highest BCUT2D eigenvalue weighted by Gasteiger charge is 2.23. The minimum atomic E-state index is -3.84. The zero-order chi connectivity index (χ0) is 16.4. The van der Waals surface area contributed by atoms with E-state index in [9.17, 15) is 13.2 Å². The van der Waals surface area contributed by atoms with E-state index >= 15 is 0 Å². The maximum atomic E-state index is 12.3. The third-order valence-corrected chi connectivity index (χ3v) is 5.01. The number of aromatic amines is 1. The first kappa shape index (κ1) is 15.7. The lowest BCUT2D eigenvalue weighted by molar-refractivity contribution is -0.113. The maximum Gasteiger partial charge on any atom is 0.240 e. The molecule has 0 fully saturated rings. The van der Waals surface area contributed by atoms with E-state index in [1.54, 1.807) is 48.5 Å². The number of rotatable bonds is 4. The van der Waals surface area contributed by atoms with Crippen LogP contribution in [0.25, 0.3) is 11.0 Å². The van der Waals surface area contributed by atoms with Crippen molar-refractivity contribution in [2.24, 2.45) is 0 Å². The van der Waals surface area contributed by atoms with Crippen LogP contribution in [0.4, 0.5) is 5.69 Å². The van der Waals surface area contributed by atoms with Crippen molar-refractivity contribution in [3.63, 3.8) is 0 Å². The molecule has 1 amide bonds. The first-order chi connectivity index (χ1) is 10.9. The quantitative estimate of drug-likeness (QED) is 0.712. The van der Waals surface area contributed by atoms with Crippen LogP contribution in [0.5, 0.6) is 0 Å². The topological polar surface area (TPSA) is 91.9 Å². The number of hydrogen-bond acceptors (Lipinski definition) is 4. The number of hydrogen-bond donors (Lipinski definition) is 2. The Morgan fingerprint density at radius 3 is 2.70 bits per heavy atom. The molecular formula is C15H12BrN3O3S. The van der Waals surface area contributed by atoms with Gasteiger partial charge in [0.2, 0.25) is 20.9 Å². The monoisotopic (exact) mass is 393 g/mol. The Hall–Kier alpha value is -2.19. The van der Waals surface area contributed by atoms with Gasteiger partial charge in [-0.1, -0.05) is 34.1 Å². The van der Waals surface area contributed by atoms with Crippen molar-refractivity contribution in [2.75, 3.05) is 11.1 Å². The van der Waals surface area contributed by atoms with Gasteiger partial charge in [-0.25, -0.2) is 13.4 Å². The van der Waals surface area contributed by atoms with Crippen molar-refractivity contribution in [3.05, 3.63) is 53.0 Å². The number of para-hydroxylation sites is 2. The van der Waals surface area contributed by atoms with E-state index in [0.717, 1.165) is 4.47 Å². The highest BCUT2D eigenvalue weighted by Crippen LogP contribution is 2.17. The minimum Gasteiger partial charge on any atom is -0.329 e. The number of imidazole rings is 1. The Balaban J connectivity index is 1.79. The molecule has 1 aromatic heterocycles. The molecule has 0 aliphatic carbocycles. The average Bonchev–Trinajstić information content (AvgIpc) is 2.91. The van der Waals surface area contributed by atoms with Crippen LogP contribution in [0.15, 0.2) is 58.2 Å². The molecule has 0 saturated carbocycles. The van der Waals surface area contributed by atoms with Gasteiger partial charge in [0, 0.05) is 10.2 Å². The average molecular weight is 394 g/mol. The predicted molar refractivity (Wildman–Crippen MR) is 90.9 cm³/mol. The van der Waals surface area contributed by atoms with Crippen molar-refractivity contribution in [1.82, 2.24) is 9.97 Å². The lowest BCUT2D eigenvalue weighted by Gasteiger charge is -2.05. The van der Waals surface area contributed by atoms with Gasteiger partial charge in [-0.15, -0.1) is 0 Å². The van der Waals surface area contributed by atoms with Crippen molar-refractivity contribution in [2.45, 2.75) is 5.16 Å². The molecule has 3 aromatic rings. The van der Waals surface area contributed by atoms with Gasteiger partial charge >= 0.3 is 0 Å². The molecular weight excluding hydrogens is 382 g/mol. The number of halogens is 1. The molecule has 2 N–H and O–H groups in total.